The summed E-state index contributed by atoms with van der Waals surface area (Å²) in [5, 5.41) is 6.35. The summed E-state index contributed by atoms with van der Waals surface area (Å²) < 4.78 is 6.11. The molecule has 110 valence electrons. The molecule has 0 saturated carbocycles. The van der Waals surface area contributed by atoms with E-state index >= 15 is 0 Å². The van der Waals surface area contributed by atoms with E-state index in [1.54, 1.807) is 7.11 Å². The van der Waals surface area contributed by atoms with Gasteiger partial charge in [0.1, 0.15) is 5.75 Å². The molecular weight excluding hydrogens is 320 g/mol. The first-order valence-electron chi connectivity index (χ1n) is 6.87. The van der Waals surface area contributed by atoms with Crippen LogP contribution >= 0.6 is 15.9 Å². The van der Waals surface area contributed by atoms with Crippen molar-refractivity contribution in [1.29, 1.82) is 0 Å². The molecule has 5 heteroatoms. The van der Waals surface area contributed by atoms with E-state index < -0.39 is 0 Å². The highest BCUT2D eigenvalue weighted by Gasteiger charge is 2.30. The van der Waals surface area contributed by atoms with Gasteiger partial charge in [-0.25, -0.2) is 0 Å². The van der Waals surface area contributed by atoms with E-state index in [4.69, 9.17) is 4.74 Å². The number of hydrogen-bond acceptors (Lipinski definition) is 3. The summed E-state index contributed by atoms with van der Waals surface area (Å²) >= 11 is 3.47. The van der Waals surface area contributed by atoms with Crippen LogP contribution in [-0.2, 0) is 4.79 Å². The highest BCUT2D eigenvalue weighted by molar-refractivity contribution is 9.10. The molecule has 1 saturated heterocycles. The average molecular weight is 341 g/mol. The number of rotatable bonds is 4. The molecule has 1 aliphatic rings. The van der Waals surface area contributed by atoms with E-state index in [-0.39, 0.29) is 17.9 Å². The Morgan fingerprint density at radius 3 is 2.80 bits per heavy atom. The van der Waals surface area contributed by atoms with Crippen molar-refractivity contribution in [2.75, 3.05) is 20.2 Å². The van der Waals surface area contributed by atoms with Crippen molar-refractivity contribution >= 4 is 21.8 Å². The maximum Gasteiger partial charge on any atom is 0.225 e. The number of carbonyl (C=O) groups excluding carboxylic acids is 1. The summed E-state index contributed by atoms with van der Waals surface area (Å²) in [7, 11) is 1.64. The van der Waals surface area contributed by atoms with Gasteiger partial charge in [0.05, 0.1) is 23.5 Å². The molecular formula is C15H21BrN2O2. The SMILES string of the molecule is COc1ccc(C(C)NC(=O)C2CNCC2C)cc1Br. The third kappa shape index (κ3) is 3.33. The summed E-state index contributed by atoms with van der Waals surface area (Å²) in [6.45, 7) is 5.80. The first-order valence-corrected chi connectivity index (χ1v) is 7.66. The number of hydrogen-bond donors (Lipinski definition) is 2. The lowest BCUT2D eigenvalue weighted by molar-refractivity contribution is -0.126. The molecule has 1 aliphatic heterocycles. The Morgan fingerprint density at radius 1 is 1.50 bits per heavy atom. The van der Waals surface area contributed by atoms with Gasteiger partial charge in [-0.05, 0) is 53.0 Å². The Labute approximate surface area is 128 Å². The van der Waals surface area contributed by atoms with Crippen molar-refractivity contribution in [2.24, 2.45) is 11.8 Å². The third-order valence-corrected chi connectivity index (χ3v) is 4.51. The predicted octanol–water partition coefficient (Wildman–Crippen LogP) is 2.49. The number of amides is 1. The zero-order chi connectivity index (χ0) is 14.7. The summed E-state index contributed by atoms with van der Waals surface area (Å²) in [5.74, 6) is 1.38. The second-order valence-corrected chi connectivity index (χ2v) is 6.22. The van der Waals surface area contributed by atoms with Crippen LogP contribution in [0, 0.1) is 11.8 Å². The van der Waals surface area contributed by atoms with E-state index in [2.05, 4.69) is 33.5 Å². The largest absolute Gasteiger partial charge is 0.496 e. The Balaban J connectivity index is 2.02. The Kier molecular flexibility index (Phi) is 5.05. The van der Waals surface area contributed by atoms with Gasteiger partial charge in [-0.15, -0.1) is 0 Å². The topological polar surface area (TPSA) is 50.4 Å². The Morgan fingerprint density at radius 2 is 2.25 bits per heavy atom. The fourth-order valence-electron chi connectivity index (χ4n) is 2.52. The summed E-state index contributed by atoms with van der Waals surface area (Å²) in [5.41, 5.74) is 1.06. The van der Waals surface area contributed by atoms with Gasteiger partial charge in [-0.1, -0.05) is 13.0 Å². The van der Waals surface area contributed by atoms with Crippen molar-refractivity contribution in [3.63, 3.8) is 0 Å². The normalized spacial score (nSPS) is 23.4. The molecule has 1 aromatic carbocycles. The molecule has 1 heterocycles. The molecule has 4 nitrogen and oxygen atoms in total. The number of carbonyl (C=O) groups is 1. The van der Waals surface area contributed by atoms with Crippen LogP contribution in [-0.4, -0.2) is 26.1 Å². The smallest absolute Gasteiger partial charge is 0.225 e. The Hall–Kier alpha value is -1.07. The zero-order valence-corrected chi connectivity index (χ0v) is 13.7. The summed E-state index contributed by atoms with van der Waals surface area (Å²) in [6, 6.07) is 5.85. The lowest BCUT2D eigenvalue weighted by Crippen LogP contribution is -2.35. The summed E-state index contributed by atoms with van der Waals surface area (Å²) in [6.07, 6.45) is 0. The van der Waals surface area contributed by atoms with Crippen molar-refractivity contribution in [2.45, 2.75) is 19.9 Å². The maximum absolute atomic E-state index is 12.3. The first kappa shape index (κ1) is 15.3. The molecule has 2 rings (SSSR count). The van der Waals surface area contributed by atoms with Crippen LogP contribution in [0.15, 0.2) is 22.7 Å². The zero-order valence-electron chi connectivity index (χ0n) is 12.1. The molecule has 3 atom stereocenters. The van der Waals surface area contributed by atoms with Gasteiger partial charge in [-0.3, -0.25) is 4.79 Å². The van der Waals surface area contributed by atoms with Crippen LogP contribution in [0.2, 0.25) is 0 Å². The Bertz CT molecular complexity index is 493. The third-order valence-electron chi connectivity index (χ3n) is 3.89. The lowest BCUT2D eigenvalue weighted by atomic mass is 9.96. The van der Waals surface area contributed by atoms with Crippen molar-refractivity contribution in [3.05, 3.63) is 28.2 Å². The number of methoxy groups -OCH3 is 1. The van der Waals surface area contributed by atoms with E-state index in [1.165, 1.54) is 0 Å². The summed E-state index contributed by atoms with van der Waals surface area (Å²) in [4.78, 5) is 12.3. The quantitative estimate of drug-likeness (QED) is 0.885. The molecule has 0 aliphatic carbocycles. The van der Waals surface area contributed by atoms with Crippen LogP contribution in [0.4, 0.5) is 0 Å². The molecule has 0 spiro atoms. The molecule has 1 aromatic rings. The molecule has 2 N–H and O–H groups in total. The van der Waals surface area contributed by atoms with Crippen molar-refractivity contribution < 1.29 is 9.53 Å². The van der Waals surface area contributed by atoms with Crippen LogP contribution in [0.5, 0.6) is 5.75 Å². The average Bonchev–Trinajstić information content (AvgIpc) is 2.84. The van der Waals surface area contributed by atoms with Crippen molar-refractivity contribution in [3.8, 4) is 5.75 Å². The number of benzene rings is 1. The number of ether oxygens (including phenoxy) is 1. The van der Waals surface area contributed by atoms with E-state index in [0.29, 0.717) is 5.92 Å². The molecule has 1 fully saturated rings. The molecule has 0 aromatic heterocycles. The van der Waals surface area contributed by atoms with Gasteiger partial charge in [0.15, 0.2) is 0 Å². The number of halogens is 1. The molecule has 0 bridgehead atoms. The monoisotopic (exact) mass is 340 g/mol. The minimum atomic E-state index is -0.0162. The van der Waals surface area contributed by atoms with Crippen LogP contribution in [0.1, 0.15) is 25.5 Å². The second kappa shape index (κ2) is 6.59. The van der Waals surface area contributed by atoms with Crippen LogP contribution in [0.3, 0.4) is 0 Å². The highest BCUT2D eigenvalue weighted by atomic mass is 79.9. The maximum atomic E-state index is 12.3. The fraction of sp³-hybridized carbons (Fsp3) is 0.533. The predicted molar refractivity (Wildman–Crippen MR) is 82.8 cm³/mol. The number of nitrogens with one attached hydrogen (secondary N) is 2. The van der Waals surface area contributed by atoms with Gasteiger partial charge in [0, 0.05) is 6.54 Å². The fourth-order valence-corrected chi connectivity index (χ4v) is 3.08. The van der Waals surface area contributed by atoms with Gasteiger partial charge >= 0.3 is 0 Å². The minimum absolute atomic E-state index is 0.0162. The van der Waals surface area contributed by atoms with Crippen LogP contribution < -0.4 is 15.4 Å². The first-order chi connectivity index (χ1) is 9.52. The highest BCUT2D eigenvalue weighted by Crippen LogP contribution is 2.28. The van der Waals surface area contributed by atoms with Crippen LogP contribution in [0.25, 0.3) is 0 Å². The van der Waals surface area contributed by atoms with E-state index in [9.17, 15) is 4.79 Å². The van der Waals surface area contributed by atoms with Gasteiger partial charge in [-0.2, -0.15) is 0 Å². The lowest BCUT2D eigenvalue weighted by Gasteiger charge is -2.20. The minimum Gasteiger partial charge on any atom is -0.496 e. The second-order valence-electron chi connectivity index (χ2n) is 5.37. The van der Waals surface area contributed by atoms with Gasteiger partial charge in [0.2, 0.25) is 5.91 Å². The standard InChI is InChI=1S/C15H21BrN2O2/c1-9-7-17-8-12(9)15(19)18-10(2)11-4-5-14(20-3)13(16)6-11/h4-6,9-10,12,17H,7-8H2,1-3H3,(H,18,19). The van der Waals surface area contributed by atoms with E-state index in [1.807, 2.05) is 25.1 Å². The molecule has 20 heavy (non-hydrogen) atoms. The van der Waals surface area contributed by atoms with Gasteiger partial charge in [0.25, 0.3) is 0 Å². The van der Waals surface area contributed by atoms with E-state index in [0.717, 1.165) is 28.9 Å². The molecule has 1 amide bonds. The van der Waals surface area contributed by atoms with Gasteiger partial charge < -0.3 is 15.4 Å². The molecule has 0 radical (unpaired) electrons. The van der Waals surface area contributed by atoms with Crippen molar-refractivity contribution in [1.82, 2.24) is 10.6 Å². The molecule has 3 unspecified atom stereocenters.